The summed E-state index contributed by atoms with van der Waals surface area (Å²) in [6.45, 7) is 2.65. The van der Waals surface area contributed by atoms with Gasteiger partial charge in [-0.2, -0.15) is 4.31 Å². The summed E-state index contributed by atoms with van der Waals surface area (Å²) in [7, 11) is -4.16. The lowest BCUT2D eigenvalue weighted by atomic mass is 9.78. The molecule has 1 aromatic rings. The van der Waals surface area contributed by atoms with Crippen LogP contribution in [0.1, 0.15) is 19.3 Å². The predicted molar refractivity (Wildman–Crippen MR) is 128 cm³/mol. The first-order valence-corrected chi connectivity index (χ1v) is 14.1. The van der Waals surface area contributed by atoms with Gasteiger partial charge in [-0.1, -0.05) is 0 Å². The number of fused-ring (bicyclic) bond motifs is 2. The Morgan fingerprint density at radius 3 is 2.65 bits per heavy atom. The molecule has 37 heavy (non-hydrogen) atoms. The van der Waals surface area contributed by atoms with E-state index in [0.29, 0.717) is 37.7 Å². The van der Waals surface area contributed by atoms with E-state index in [4.69, 9.17) is 9.47 Å². The largest absolute Gasteiger partial charge is 0.489 e. The predicted octanol–water partition coefficient (Wildman–Crippen LogP) is 1.06. The number of nitrogens with zero attached hydrogens (tertiary/aromatic N) is 2. The number of carbonyl (C=O) groups excluding carboxylic acids is 1. The smallest absolute Gasteiger partial charge is 0.242 e. The summed E-state index contributed by atoms with van der Waals surface area (Å²) in [5.41, 5.74) is 6.40. The summed E-state index contributed by atoms with van der Waals surface area (Å²) < 4.78 is 80.7. The fraction of sp³-hybridized carbons (Fsp3) is 0.696. The monoisotopic (exact) mass is 545 g/mol. The third kappa shape index (κ3) is 4.36. The summed E-state index contributed by atoms with van der Waals surface area (Å²) in [6, 6.07) is 3.79. The fourth-order valence-corrected chi connectivity index (χ4v) is 8.44. The number of anilines is 2. The van der Waals surface area contributed by atoms with Gasteiger partial charge < -0.3 is 19.7 Å². The van der Waals surface area contributed by atoms with Crippen molar-refractivity contribution in [3.8, 4) is 5.75 Å². The molecule has 10 nitrogen and oxygen atoms in total. The first-order valence-electron chi connectivity index (χ1n) is 12.6. The van der Waals surface area contributed by atoms with E-state index in [-0.39, 0.29) is 25.4 Å². The quantitative estimate of drug-likeness (QED) is 0.455. The maximum absolute atomic E-state index is 14.3. The van der Waals surface area contributed by atoms with Crippen molar-refractivity contribution >= 4 is 27.3 Å². The first-order chi connectivity index (χ1) is 17.7. The van der Waals surface area contributed by atoms with Gasteiger partial charge in [0.05, 0.1) is 36.7 Å². The highest BCUT2D eigenvalue weighted by Gasteiger charge is 2.55. The molecule has 4 heterocycles. The first kappa shape index (κ1) is 25.2. The molecular formula is C23H30F3N5O5S. The average Bonchev–Trinajstić information content (AvgIpc) is 3.17. The highest BCUT2D eigenvalue weighted by Crippen LogP contribution is 2.42. The Balaban J connectivity index is 1.16. The highest BCUT2D eigenvalue weighted by atomic mass is 32.2. The lowest BCUT2D eigenvalue weighted by Gasteiger charge is -2.44. The van der Waals surface area contributed by atoms with Gasteiger partial charge in [0, 0.05) is 36.2 Å². The van der Waals surface area contributed by atoms with Crippen LogP contribution < -0.4 is 25.8 Å². The summed E-state index contributed by atoms with van der Waals surface area (Å²) in [4.78, 5) is 15.3. The number of nitrogens with one attached hydrogen (secondary N) is 3. The average molecular weight is 546 g/mol. The summed E-state index contributed by atoms with van der Waals surface area (Å²) in [5.74, 6) is -1.99. The molecule has 1 aromatic carbocycles. The van der Waals surface area contributed by atoms with E-state index < -0.39 is 57.8 Å². The topological polar surface area (TPSA) is 112 Å². The van der Waals surface area contributed by atoms with Crippen LogP contribution in [0.15, 0.2) is 18.2 Å². The number of alkyl halides is 3. The Morgan fingerprint density at radius 1 is 1.16 bits per heavy atom. The lowest BCUT2D eigenvalue weighted by molar-refractivity contribution is -0.122. The van der Waals surface area contributed by atoms with Crippen LogP contribution >= 0.6 is 0 Å². The fourth-order valence-electron chi connectivity index (χ4n) is 6.04. The molecule has 0 aromatic heterocycles. The van der Waals surface area contributed by atoms with Crippen LogP contribution in [0.5, 0.6) is 5.75 Å². The van der Waals surface area contributed by atoms with E-state index in [0.717, 1.165) is 16.5 Å². The number of hydrazine groups is 1. The van der Waals surface area contributed by atoms with Crippen LogP contribution in [0, 0.1) is 11.8 Å². The summed E-state index contributed by atoms with van der Waals surface area (Å²) in [6.07, 6.45) is -4.46. The molecule has 5 unspecified atom stereocenters. The number of hydrogen-bond donors (Lipinski definition) is 3. The van der Waals surface area contributed by atoms with Crippen LogP contribution in [-0.2, 0) is 19.6 Å². The number of halogens is 3. The molecule has 6 atom stereocenters. The van der Waals surface area contributed by atoms with Gasteiger partial charge in [0.25, 0.3) is 0 Å². The van der Waals surface area contributed by atoms with Crippen molar-refractivity contribution < 1.29 is 35.9 Å². The Kier molecular flexibility index (Phi) is 6.50. The van der Waals surface area contributed by atoms with Crippen LogP contribution in [0.25, 0.3) is 0 Å². The summed E-state index contributed by atoms with van der Waals surface area (Å²) in [5, 5.41) is 1.52. The second-order valence-corrected chi connectivity index (χ2v) is 12.5. The number of rotatable bonds is 6. The number of benzene rings is 1. The van der Waals surface area contributed by atoms with Gasteiger partial charge in [0.15, 0.2) is 6.30 Å². The third-order valence-electron chi connectivity index (χ3n) is 8.26. The van der Waals surface area contributed by atoms with Gasteiger partial charge in [-0.15, -0.1) is 0 Å². The second-order valence-electron chi connectivity index (χ2n) is 10.3. The minimum atomic E-state index is -4.16. The van der Waals surface area contributed by atoms with Gasteiger partial charge in [-0.05, 0) is 31.4 Å². The zero-order valence-corrected chi connectivity index (χ0v) is 20.8. The molecule has 3 N–H and O–H groups in total. The maximum atomic E-state index is 14.3. The maximum Gasteiger partial charge on any atom is 0.242 e. The number of amides is 1. The molecule has 0 radical (unpaired) electrons. The van der Waals surface area contributed by atoms with Gasteiger partial charge in [-0.25, -0.2) is 27.0 Å². The van der Waals surface area contributed by atoms with Crippen LogP contribution in [0.4, 0.5) is 24.5 Å². The lowest BCUT2D eigenvalue weighted by Crippen LogP contribution is -2.62. The van der Waals surface area contributed by atoms with E-state index >= 15 is 0 Å². The zero-order chi connectivity index (χ0) is 25.9. The van der Waals surface area contributed by atoms with Gasteiger partial charge in [0.2, 0.25) is 22.4 Å². The van der Waals surface area contributed by atoms with Gasteiger partial charge in [-0.3, -0.25) is 10.2 Å². The van der Waals surface area contributed by atoms with Crippen LogP contribution in [0.3, 0.4) is 0 Å². The van der Waals surface area contributed by atoms with Crippen LogP contribution in [-0.4, -0.2) is 87.6 Å². The molecule has 14 heteroatoms. The molecule has 6 rings (SSSR count). The van der Waals surface area contributed by atoms with E-state index in [1.807, 2.05) is 6.07 Å². The normalized spacial score (nSPS) is 34.2. The number of hydrogen-bond acceptors (Lipinski definition) is 8. The summed E-state index contributed by atoms with van der Waals surface area (Å²) >= 11 is 0. The molecule has 204 valence electrons. The second kappa shape index (κ2) is 9.56. The molecule has 0 spiro atoms. The van der Waals surface area contributed by atoms with E-state index in [9.17, 15) is 26.4 Å². The van der Waals surface area contributed by atoms with Crippen LogP contribution in [0.2, 0.25) is 0 Å². The molecule has 4 aliphatic heterocycles. The van der Waals surface area contributed by atoms with E-state index in [2.05, 4.69) is 21.1 Å². The highest BCUT2D eigenvalue weighted by molar-refractivity contribution is 7.89. The third-order valence-corrected chi connectivity index (χ3v) is 10.6. The SMILES string of the molecule is O=C(Nc1ccc2c(c1)OCCN2C1COC1)[C@@H]1CCN1S(=O)(=O)C1CC(C(F)F)CC2C(F)NNC21. The number of carbonyl (C=O) groups is 1. The molecule has 0 bridgehead atoms. The molecule has 5 aliphatic rings. The van der Waals surface area contributed by atoms with E-state index in [1.54, 1.807) is 12.1 Å². The number of ether oxygens (including phenoxy) is 2. The van der Waals surface area contributed by atoms with Gasteiger partial charge in [0.1, 0.15) is 18.4 Å². The number of sulfonamides is 1. The molecule has 3 saturated heterocycles. The van der Waals surface area contributed by atoms with Crippen molar-refractivity contribution in [1.29, 1.82) is 0 Å². The van der Waals surface area contributed by atoms with Gasteiger partial charge >= 0.3 is 0 Å². The Hall–Kier alpha value is -2.13. The molecule has 1 saturated carbocycles. The Labute approximate surface area is 212 Å². The van der Waals surface area contributed by atoms with Crippen molar-refractivity contribution in [2.75, 3.05) is 43.1 Å². The van der Waals surface area contributed by atoms with Crippen molar-refractivity contribution in [2.45, 2.75) is 55.4 Å². The standard InChI is InChI=1S/C23H30F3N5O5S/c24-21(25)12-7-15-20(28-29-22(15)26)19(8-12)37(33,34)31-4-3-17(31)23(32)27-13-1-2-16-18(9-13)36-6-5-30(16)14-10-35-11-14/h1-2,9,12,14-15,17,19-22,28-29H,3-8,10-11H2,(H,27,32)/t12?,15?,17-,19?,20?,22?/m0/s1. The van der Waals surface area contributed by atoms with Crippen molar-refractivity contribution in [1.82, 2.24) is 15.2 Å². The minimum Gasteiger partial charge on any atom is -0.489 e. The minimum absolute atomic E-state index is 0.103. The zero-order valence-electron chi connectivity index (χ0n) is 20.0. The Bertz CT molecular complexity index is 1160. The molecule has 4 fully saturated rings. The Morgan fingerprint density at radius 2 is 1.97 bits per heavy atom. The van der Waals surface area contributed by atoms with Crippen molar-refractivity contribution in [3.05, 3.63) is 18.2 Å². The molecule has 1 aliphatic carbocycles. The van der Waals surface area contributed by atoms with E-state index in [1.165, 1.54) is 0 Å². The van der Waals surface area contributed by atoms with Crippen molar-refractivity contribution in [2.24, 2.45) is 11.8 Å². The van der Waals surface area contributed by atoms with Crippen molar-refractivity contribution in [3.63, 3.8) is 0 Å². The molecular weight excluding hydrogens is 515 g/mol. The molecule has 1 amide bonds.